The number of rotatable bonds is 4. The highest BCUT2D eigenvalue weighted by Crippen LogP contribution is 2.25. The van der Waals surface area contributed by atoms with Gasteiger partial charge in [-0.05, 0) is 12.8 Å². The Hall–Kier alpha value is -0.640. The van der Waals surface area contributed by atoms with Gasteiger partial charge in [-0.2, -0.15) is 22.3 Å². The molecule has 0 N–H and O–H groups in total. The molecule has 0 heterocycles. The summed E-state index contributed by atoms with van der Waals surface area (Å²) in [5, 5.41) is 8.74. The van der Waals surface area contributed by atoms with Crippen LogP contribution in [0.1, 0.15) is 32.1 Å². The van der Waals surface area contributed by atoms with E-state index in [0.29, 0.717) is 0 Å². The van der Waals surface area contributed by atoms with E-state index in [4.69, 9.17) is 5.26 Å². The minimum absolute atomic E-state index is 0.000741. The van der Waals surface area contributed by atoms with E-state index in [1.54, 1.807) is 0 Å². The smallest absolute Gasteiger partial charge is 0.197 e. The predicted octanol–water partition coefficient (Wildman–Crippen LogP) is 0.951. The van der Waals surface area contributed by atoms with Gasteiger partial charge in [-0.1, -0.05) is 19.3 Å². The molecule has 0 unspecified atom stereocenters. The summed E-state index contributed by atoms with van der Waals surface area (Å²) >= 11 is 0. The lowest BCUT2D eigenvalue weighted by Crippen LogP contribution is -2.47. The Bertz CT molecular complexity index is 353. The predicted molar refractivity (Wildman–Crippen MR) is 61.8 cm³/mol. The van der Waals surface area contributed by atoms with Gasteiger partial charge in [0.2, 0.25) is 0 Å². The molecule has 0 amide bonds. The van der Waals surface area contributed by atoms with Crippen molar-refractivity contribution in [2.75, 3.05) is 20.6 Å². The topological polar surface area (TPSA) is 64.4 Å². The highest BCUT2D eigenvalue weighted by Gasteiger charge is 2.32. The number of nitrogens with zero attached hydrogens (tertiary/aromatic N) is 3. The lowest BCUT2D eigenvalue weighted by Gasteiger charge is -2.33. The summed E-state index contributed by atoms with van der Waals surface area (Å²) < 4.78 is 26.6. The molecule has 0 spiro atoms. The zero-order valence-corrected chi connectivity index (χ0v) is 10.7. The van der Waals surface area contributed by atoms with E-state index < -0.39 is 10.2 Å². The molecular formula is C10H19N3O2S. The van der Waals surface area contributed by atoms with Gasteiger partial charge in [-0.25, -0.2) is 0 Å². The first-order valence-electron chi connectivity index (χ1n) is 5.56. The molecule has 1 saturated carbocycles. The van der Waals surface area contributed by atoms with E-state index in [1.807, 2.05) is 6.07 Å². The van der Waals surface area contributed by atoms with Gasteiger partial charge in [0.15, 0.2) is 0 Å². The van der Waals surface area contributed by atoms with Gasteiger partial charge in [-0.15, -0.1) is 0 Å². The van der Waals surface area contributed by atoms with Crippen molar-refractivity contribution < 1.29 is 8.42 Å². The maximum absolute atomic E-state index is 12.0. The fraction of sp³-hybridized carbons (Fsp3) is 0.900. The molecule has 0 aliphatic heterocycles. The fourth-order valence-corrected chi connectivity index (χ4v) is 3.28. The average molecular weight is 245 g/mol. The maximum atomic E-state index is 12.0. The van der Waals surface area contributed by atoms with Gasteiger partial charge < -0.3 is 0 Å². The van der Waals surface area contributed by atoms with E-state index in [2.05, 4.69) is 0 Å². The van der Waals surface area contributed by atoms with Gasteiger partial charge in [0.25, 0.3) is 10.2 Å². The molecule has 0 saturated heterocycles. The van der Waals surface area contributed by atoms with Crippen LogP contribution in [0.2, 0.25) is 0 Å². The molecule has 6 heteroatoms. The van der Waals surface area contributed by atoms with Crippen molar-refractivity contribution in [3.8, 4) is 6.07 Å². The van der Waals surface area contributed by atoms with Crippen molar-refractivity contribution >= 4 is 10.2 Å². The van der Waals surface area contributed by atoms with Gasteiger partial charge >= 0.3 is 0 Å². The molecule has 1 fully saturated rings. The summed E-state index contributed by atoms with van der Waals surface area (Å²) in [6.07, 6.45) is 5.01. The van der Waals surface area contributed by atoms with Crippen molar-refractivity contribution in [1.29, 1.82) is 5.26 Å². The molecule has 1 aliphatic rings. The second kappa shape index (κ2) is 5.62. The van der Waals surface area contributed by atoms with Crippen molar-refractivity contribution in [2.45, 2.75) is 38.1 Å². The first kappa shape index (κ1) is 13.4. The van der Waals surface area contributed by atoms with Crippen molar-refractivity contribution in [3.63, 3.8) is 0 Å². The monoisotopic (exact) mass is 245 g/mol. The van der Waals surface area contributed by atoms with Crippen molar-refractivity contribution in [2.24, 2.45) is 0 Å². The van der Waals surface area contributed by atoms with E-state index in [-0.39, 0.29) is 12.6 Å². The first-order valence-corrected chi connectivity index (χ1v) is 6.96. The molecule has 0 aromatic rings. The maximum Gasteiger partial charge on any atom is 0.282 e. The van der Waals surface area contributed by atoms with Crippen LogP contribution >= 0.6 is 0 Å². The van der Waals surface area contributed by atoms with Crippen molar-refractivity contribution in [1.82, 2.24) is 8.61 Å². The summed E-state index contributed by atoms with van der Waals surface area (Å²) in [6, 6.07) is 1.95. The molecule has 5 nitrogen and oxygen atoms in total. The van der Waals surface area contributed by atoms with Crippen LogP contribution in [0.25, 0.3) is 0 Å². The third kappa shape index (κ3) is 2.94. The van der Waals surface area contributed by atoms with E-state index >= 15 is 0 Å². The molecule has 16 heavy (non-hydrogen) atoms. The number of hydrogen-bond acceptors (Lipinski definition) is 3. The zero-order valence-electron chi connectivity index (χ0n) is 9.89. The average Bonchev–Trinajstić information content (AvgIpc) is 2.26. The van der Waals surface area contributed by atoms with Gasteiger partial charge in [-0.3, -0.25) is 0 Å². The quantitative estimate of drug-likeness (QED) is 0.693. The van der Waals surface area contributed by atoms with Crippen LogP contribution in [0, 0.1) is 11.3 Å². The summed E-state index contributed by atoms with van der Waals surface area (Å²) in [5.41, 5.74) is 0. The lowest BCUT2D eigenvalue weighted by molar-refractivity contribution is 0.259. The number of nitriles is 1. The molecular weight excluding hydrogens is 226 g/mol. The Morgan fingerprint density at radius 2 is 1.81 bits per heavy atom. The summed E-state index contributed by atoms with van der Waals surface area (Å²) in [6.45, 7) is -0.0504. The first-order chi connectivity index (χ1) is 7.50. The Morgan fingerprint density at radius 1 is 1.25 bits per heavy atom. The molecule has 0 radical (unpaired) electrons. The fourth-order valence-electron chi connectivity index (χ4n) is 2.05. The highest BCUT2D eigenvalue weighted by molar-refractivity contribution is 7.86. The summed E-state index contributed by atoms with van der Waals surface area (Å²) in [7, 11) is -0.452. The minimum atomic E-state index is -3.46. The molecule has 1 rings (SSSR count). The molecule has 0 atom stereocenters. The molecule has 0 aromatic heterocycles. The van der Waals surface area contributed by atoms with Gasteiger partial charge in [0.05, 0.1) is 6.07 Å². The van der Waals surface area contributed by atoms with Crippen LogP contribution in [0.4, 0.5) is 0 Å². The van der Waals surface area contributed by atoms with Crippen molar-refractivity contribution in [3.05, 3.63) is 0 Å². The Morgan fingerprint density at radius 3 is 2.25 bits per heavy atom. The minimum Gasteiger partial charge on any atom is -0.197 e. The molecule has 0 aromatic carbocycles. The van der Waals surface area contributed by atoms with Crippen LogP contribution in [-0.2, 0) is 10.2 Å². The third-order valence-corrected chi connectivity index (χ3v) is 4.91. The molecule has 92 valence electrons. The summed E-state index contributed by atoms with van der Waals surface area (Å²) in [5.74, 6) is 0. The molecule has 0 bridgehead atoms. The third-order valence-electron chi connectivity index (χ3n) is 2.97. The van der Waals surface area contributed by atoms with Gasteiger partial charge in [0.1, 0.15) is 6.54 Å². The van der Waals surface area contributed by atoms with E-state index in [9.17, 15) is 8.42 Å². The lowest BCUT2D eigenvalue weighted by atomic mass is 9.95. The largest absolute Gasteiger partial charge is 0.282 e. The Labute approximate surface area is 97.8 Å². The van der Waals surface area contributed by atoms with Crippen LogP contribution in [0.15, 0.2) is 0 Å². The Kier molecular flexibility index (Phi) is 4.71. The van der Waals surface area contributed by atoms with Gasteiger partial charge in [0, 0.05) is 20.1 Å². The van der Waals surface area contributed by atoms with Crippen LogP contribution in [0.3, 0.4) is 0 Å². The van der Waals surface area contributed by atoms with E-state index in [1.165, 1.54) is 29.1 Å². The summed E-state index contributed by atoms with van der Waals surface area (Å²) in [4.78, 5) is 0. The standard InChI is InChI=1S/C10H19N3O2S/c1-12(2)16(14,15)13(9-8-11)10-6-4-3-5-7-10/h10H,3-7,9H2,1-2H3. The van der Waals surface area contributed by atoms with E-state index in [0.717, 1.165) is 25.7 Å². The SMILES string of the molecule is CN(C)S(=O)(=O)N(CC#N)C1CCCCC1. The normalized spacial score (nSPS) is 18.9. The van der Waals surface area contributed by atoms with Crippen LogP contribution in [-0.4, -0.2) is 43.7 Å². The van der Waals surface area contributed by atoms with Crippen LogP contribution < -0.4 is 0 Å². The molecule has 1 aliphatic carbocycles. The second-order valence-corrected chi connectivity index (χ2v) is 6.38. The number of hydrogen-bond donors (Lipinski definition) is 0. The Balaban J connectivity index is 2.86. The zero-order chi connectivity index (χ0) is 12.2. The second-order valence-electron chi connectivity index (χ2n) is 4.29. The highest BCUT2D eigenvalue weighted by atomic mass is 32.2. The van der Waals surface area contributed by atoms with Crippen LogP contribution in [0.5, 0.6) is 0 Å².